The maximum atomic E-state index is 12.9. The van der Waals surface area contributed by atoms with Crippen LogP contribution in [0, 0.1) is 17.0 Å². The van der Waals surface area contributed by atoms with Crippen molar-refractivity contribution in [2.75, 3.05) is 27.2 Å². The van der Waals surface area contributed by atoms with Crippen molar-refractivity contribution in [1.82, 2.24) is 20.2 Å². The maximum absolute atomic E-state index is 12.9. The average molecular weight is 528 g/mol. The second-order valence-electron chi connectivity index (χ2n) is 7.69. The minimum Gasteiger partial charge on any atom is -0.478 e. The van der Waals surface area contributed by atoms with Crippen LogP contribution in [-0.4, -0.2) is 75.0 Å². The van der Waals surface area contributed by atoms with E-state index in [0.717, 1.165) is 16.9 Å². The normalized spacial score (nSPS) is 10.6. The van der Waals surface area contributed by atoms with Crippen molar-refractivity contribution >= 4 is 34.2 Å². The number of hydrogen-bond donors (Lipinski definition) is 3. The first-order chi connectivity index (χ1) is 17.5. The molecule has 1 aromatic carbocycles. The second-order valence-corrected chi connectivity index (χ2v) is 8.75. The summed E-state index contributed by atoms with van der Waals surface area (Å²) >= 11 is 0.989. The molecule has 3 rings (SSSR count). The molecule has 0 bridgehead atoms. The van der Waals surface area contributed by atoms with E-state index in [4.69, 9.17) is 10.2 Å². The van der Waals surface area contributed by atoms with Crippen LogP contribution < -0.4 is 5.32 Å². The van der Waals surface area contributed by atoms with Crippen molar-refractivity contribution in [3.8, 4) is 22.0 Å². The molecule has 0 unspecified atom stereocenters. The summed E-state index contributed by atoms with van der Waals surface area (Å²) in [6.07, 6.45) is 1.12. The molecule has 37 heavy (non-hydrogen) atoms. The molecule has 0 saturated heterocycles. The van der Waals surface area contributed by atoms with E-state index in [2.05, 4.69) is 15.3 Å². The van der Waals surface area contributed by atoms with Crippen molar-refractivity contribution < 1.29 is 29.5 Å². The lowest BCUT2D eigenvalue weighted by molar-refractivity contribution is -0.380. The highest BCUT2D eigenvalue weighted by atomic mass is 32.1. The third-order valence-electron chi connectivity index (χ3n) is 4.57. The molecule has 3 N–H and O–H groups in total. The van der Waals surface area contributed by atoms with Crippen LogP contribution in [0.3, 0.4) is 0 Å². The van der Waals surface area contributed by atoms with Gasteiger partial charge >= 0.3 is 16.9 Å². The van der Waals surface area contributed by atoms with E-state index in [1.807, 2.05) is 49.3 Å². The Morgan fingerprint density at radius 1 is 1.05 bits per heavy atom. The largest absolute Gasteiger partial charge is 0.478 e. The van der Waals surface area contributed by atoms with Gasteiger partial charge in [0.2, 0.25) is 0 Å². The number of nitrogens with one attached hydrogen (secondary N) is 1. The van der Waals surface area contributed by atoms with E-state index in [1.165, 1.54) is 6.07 Å². The number of likely N-dealkylation sites (N-methyl/N-ethyl adjacent to an activating group) is 1. The SMILES string of the molecule is Cc1nc(-c2ccccc2)nc(-c2ccc([N+](=O)[O-])s2)c1C(=O)NCCN(C)C.O=C(O)/C=C/C(=O)O. The first-order valence-corrected chi connectivity index (χ1v) is 11.6. The summed E-state index contributed by atoms with van der Waals surface area (Å²) in [5.41, 5.74) is 2.06. The third-order valence-corrected chi connectivity index (χ3v) is 5.61. The monoisotopic (exact) mass is 527 g/mol. The van der Waals surface area contributed by atoms with E-state index in [-0.39, 0.29) is 10.9 Å². The van der Waals surface area contributed by atoms with Gasteiger partial charge in [0.05, 0.1) is 26.8 Å². The number of aromatic nitrogens is 2. The summed E-state index contributed by atoms with van der Waals surface area (Å²) in [7, 11) is 3.84. The van der Waals surface area contributed by atoms with Crippen LogP contribution in [0.25, 0.3) is 22.0 Å². The van der Waals surface area contributed by atoms with E-state index in [1.54, 1.807) is 13.0 Å². The van der Waals surface area contributed by atoms with E-state index < -0.39 is 16.9 Å². The lowest BCUT2D eigenvalue weighted by Gasteiger charge is -2.14. The Kier molecular flexibility index (Phi) is 10.5. The lowest BCUT2D eigenvalue weighted by atomic mass is 10.1. The Morgan fingerprint density at radius 2 is 1.68 bits per heavy atom. The number of amides is 1. The molecule has 2 aromatic heterocycles. The topological polar surface area (TPSA) is 176 Å². The van der Waals surface area contributed by atoms with Crippen LogP contribution >= 0.6 is 11.3 Å². The first-order valence-electron chi connectivity index (χ1n) is 10.7. The zero-order chi connectivity index (χ0) is 27.5. The highest BCUT2D eigenvalue weighted by molar-refractivity contribution is 7.18. The molecule has 0 aliphatic rings. The molecule has 0 saturated carbocycles. The summed E-state index contributed by atoms with van der Waals surface area (Å²) in [4.78, 5) is 54.3. The van der Waals surface area contributed by atoms with Crippen LogP contribution in [0.1, 0.15) is 16.1 Å². The molecule has 0 fully saturated rings. The van der Waals surface area contributed by atoms with E-state index >= 15 is 0 Å². The van der Waals surface area contributed by atoms with Gasteiger partial charge in [0.15, 0.2) is 5.82 Å². The maximum Gasteiger partial charge on any atom is 0.328 e. The quantitative estimate of drug-likeness (QED) is 0.213. The van der Waals surface area contributed by atoms with Crippen LogP contribution in [0.2, 0.25) is 0 Å². The van der Waals surface area contributed by atoms with E-state index in [9.17, 15) is 24.5 Å². The smallest absolute Gasteiger partial charge is 0.328 e. The van der Waals surface area contributed by atoms with E-state index in [0.29, 0.717) is 52.9 Å². The summed E-state index contributed by atoms with van der Waals surface area (Å²) in [6, 6.07) is 12.5. The van der Waals surface area contributed by atoms with Crippen molar-refractivity contribution in [2.45, 2.75) is 6.92 Å². The molecule has 0 spiro atoms. The Labute approximate surface area is 216 Å². The Hall–Kier alpha value is -4.49. The molecule has 0 radical (unpaired) electrons. The number of nitrogens with zero attached hydrogens (tertiary/aromatic N) is 4. The molecule has 194 valence electrons. The van der Waals surface area contributed by atoms with Gasteiger partial charge in [-0.05, 0) is 27.1 Å². The molecule has 13 heteroatoms. The number of rotatable bonds is 9. The predicted octanol–water partition coefficient (Wildman–Crippen LogP) is 3.09. The van der Waals surface area contributed by atoms with Crippen molar-refractivity contribution in [3.05, 3.63) is 76.0 Å². The van der Waals surface area contributed by atoms with Gasteiger partial charge in [0.1, 0.15) is 0 Å². The van der Waals surface area contributed by atoms with Crippen LogP contribution in [0.4, 0.5) is 5.00 Å². The highest BCUT2D eigenvalue weighted by Crippen LogP contribution is 2.35. The second kappa shape index (κ2) is 13.6. The zero-order valence-corrected chi connectivity index (χ0v) is 21.1. The van der Waals surface area contributed by atoms with Gasteiger partial charge in [-0.2, -0.15) is 0 Å². The molecular weight excluding hydrogens is 502 g/mol. The highest BCUT2D eigenvalue weighted by Gasteiger charge is 2.23. The molecule has 12 nitrogen and oxygen atoms in total. The van der Waals surface area contributed by atoms with Crippen LogP contribution in [0.15, 0.2) is 54.6 Å². The lowest BCUT2D eigenvalue weighted by Crippen LogP contribution is -2.32. The molecular formula is C24H25N5O7S. The fourth-order valence-electron chi connectivity index (χ4n) is 2.92. The number of carboxylic acids is 2. The molecule has 0 aliphatic heterocycles. The van der Waals surface area contributed by atoms with Gasteiger partial charge in [-0.15, -0.1) is 0 Å². The number of carbonyl (C=O) groups is 3. The summed E-state index contributed by atoms with van der Waals surface area (Å²) in [5.74, 6) is -2.34. The van der Waals surface area contributed by atoms with Gasteiger partial charge in [0.25, 0.3) is 5.91 Å². The van der Waals surface area contributed by atoms with Gasteiger partial charge in [-0.3, -0.25) is 14.9 Å². The van der Waals surface area contributed by atoms with Crippen molar-refractivity contribution in [3.63, 3.8) is 0 Å². The van der Waals surface area contributed by atoms with Gasteiger partial charge in [-0.1, -0.05) is 41.7 Å². The Bertz CT molecular complexity index is 1290. The first kappa shape index (κ1) is 28.7. The minimum atomic E-state index is -1.26. The van der Waals surface area contributed by atoms with Crippen LogP contribution in [0.5, 0.6) is 0 Å². The zero-order valence-electron chi connectivity index (χ0n) is 20.2. The summed E-state index contributed by atoms with van der Waals surface area (Å²) in [5, 5.41) is 29.6. The van der Waals surface area contributed by atoms with Gasteiger partial charge in [0, 0.05) is 36.9 Å². The molecule has 1 amide bonds. The number of benzene rings is 1. The predicted molar refractivity (Wildman–Crippen MR) is 137 cm³/mol. The number of aliphatic carboxylic acids is 2. The fourth-order valence-corrected chi connectivity index (χ4v) is 3.73. The number of hydrogen-bond acceptors (Lipinski definition) is 9. The van der Waals surface area contributed by atoms with Crippen LogP contribution in [-0.2, 0) is 9.59 Å². The van der Waals surface area contributed by atoms with Crippen molar-refractivity contribution in [2.24, 2.45) is 0 Å². The molecule has 3 aromatic rings. The minimum absolute atomic E-state index is 0.00325. The van der Waals surface area contributed by atoms with Gasteiger partial charge in [-0.25, -0.2) is 19.6 Å². The number of nitro groups is 1. The fraction of sp³-hybridized carbons (Fsp3) is 0.208. The van der Waals surface area contributed by atoms with Gasteiger partial charge < -0.3 is 20.4 Å². The Morgan fingerprint density at radius 3 is 2.19 bits per heavy atom. The summed E-state index contributed by atoms with van der Waals surface area (Å²) in [6.45, 7) is 2.91. The molecule has 2 heterocycles. The third kappa shape index (κ3) is 8.91. The number of thiophene rings is 1. The number of aryl methyl sites for hydroxylation is 1. The van der Waals surface area contributed by atoms with Crippen molar-refractivity contribution in [1.29, 1.82) is 0 Å². The standard InChI is InChI=1S/C20H21N5O3S.C4H4O4/c1-13-17(20(26)21-11-12-24(2)3)18(15-9-10-16(29-15)25(27)28)23-19(22-13)14-7-5-4-6-8-14;5-3(6)1-2-4(7)8/h4-10H,11-12H2,1-3H3,(H,21,26);1-2H,(H,5,6)(H,7,8)/b;2-1+. The Balaban J connectivity index is 0.000000521. The average Bonchev–Trinajstić information content (AvgIpc) is 3.33. The number of carbonyl (C=O) groups excluding carboxylic acids is 1. The molecule has 0 aliphatic carbocycles. The number of carboxylic acid groups (broad SMARTS) is 2. The molecule has 0 atom stereocenters. The summed E-state index contributed by atoms with van der Waals surface area (Å²) < 4.78 is 0.